The summed E-state index contributed by atoms with van der Waals surface area (Å²) in [7, 11) is 1.43. The fourth-order valence-electron chi connectivity index (χ4n) is 4.15. The van der Waals surface area contributed by atoms with Crippen LogP contribution in [-0.2, 0) is 27.5 Å². The zero-order valence-electron chi connectivity index (χ0n) is 19.4. The Kier molecular flexibility index (Phi) is 7.04. The third-order valence-corrected chi connectivity index (χ3v) is 5.92. The molecule has 0 aliphatic carbocycles. The van der Waals surface area contributed by atoms with Crippen LogP contribution in [0.3, 0.4) is 0 Å². The van der Waals surface area contributed by atoms with Gasteiger partial charge in [-0.25, -0.2) is 4.79 Å². The van der Waals surface area contributed by atoms with E-state index < -0.39 is 30.6 Å². The Morgan fingerprint density at radius 1 is 1.19 bits per heavy atom. The number of methoxy groups -OCH3 is 1. The highest BCUT2D eigenvalue weighted by molar-refractivity contribution is 6.05. The number of alkyl halides is 2. The van der Waals surface area contributed by atoms with Crippen molar-refractivity contribution in [3.05, 3.63) is 52.6 Å². The van der Waals surface area contributed by atoms with Crippen molar-refractivity contribution in [2.24, 2.45) is 0 Å². The van der Waals surface area contributed by atoms with E-state index in [1.54, 1.807) is 19.1 Å². The Hall–Kier alpha value is -4.22. The number of nitrogens with one attached hydrogen (secondary N) is 2. The number of benzene rings is 2. The summed E-state index contributed by atoms with van der Waals surface area (Å²) < 4.78 is 40.2. The van der Waals surface area contributed by atoms with Crippen LogP contribution < -0.4 is 20.1 Å². The van der Waals surface area contributed by atoms with Crippen LogP contribution in [0.4, 0.5) is 19.3 Å². The smallest absolute Gasteiger partial charge is 0.411 e. The van der Waals surface area contributed by atoms with Gasteiger partial charge in [0.25, 0.3) is 5.91 Å². The van der Waals surface area contributed by atoms with Crippen molar-refractivity contribution < 1.29 is 42.2 Å². The summed E-state index contributed by atoms with van der Waals surface area (Å²) >= 11 is 0. The number of rotatable bonds is 7. The molecule has 36 heavy (non-hydrogen) atoms. The second-order valence-electron chi connectivity index (χ2n) is 8.28. The quantitative estimate of drug-likeness (QED) is 0.557. The van der Waals surface area contributed by atoms with Crippen LogP contribution in [0.25, 0.3) is 0 Å². The number of nitrogens with zero attached hydrogens (tertiary/aromatic N) is 1. The normalized spacial score (nSPS) is 17.1. The molecule has 1 unspecified atom stereocenters. The van der Waals surface area contributed by atoms with E-state index in [4.69, 9.17) is 9.47 Å². The third kappa shape index (κ3) is 5.21. The van der Waals surface area contributed by atoms with E-state index >= 15 is 0 Å². The van der Waals surface area contributed by atoms with Gasteiger partial charge in [0, 0.05) is 29.3 Å². The van der Waals surface area contributed by atoms with Crippen molar-refractivity contribution in [3.8, 4) is 11.5 Å². The highest BCUT2D eigenvalue weighted by Crippen LogP contribution is 2.35. The van der Waals surface area contributed by atoms with Gasteiger partial charge in [0.2, 0.25) is 11.8 Å². The molecule has 1 atom stereocenters. The standard InChI is InChI=1S/C24H23F2N3O7/c1-12-3-4-14(9-18(12)36-23(25)26)27-24(33)35-11-13-7-15-16(19(8-13)34-2)10-29(22(15)32)17-5-6-20(30)28-21(17)31/h3-4,7-9,17,23H,5-6,10-11H2,1-2H3,(H,27,33)(H,28,30,31). The first kappa shape index (κ1) is 24.9. The van der Waals surface area contributed by atoms with Gasteiger partial charge >= 0.3 is 12.7 Å². The predicted octanol–water partition coefficient (Wildman–Crippen LogP) is 3.11. The molecule has 12 heteroatoms. The van der Waals surface area contributed by atoms with Crippen molar-refractivity contribution in [1.82, 2.24) is 10.2 Å². The molecule has 4 rings (SSSR count). The highest BCUT2D eigenvalue weighted by atomic mass is 19.3. The first-order valence-corrected chi connectivity index (χ1v) is 11.0. The van der Waals surface area contributed by atoms with Crippen molar-refractivity contribution in [2.75, 3.05) is 12.4 Å². The molecule has 0 aromatic heterocycles. The molecule has 2 aliphatic rings. The predicted molar refractivity (Wildman–Crippen MR) is 121 cm³/mol. The Labute approximate surface area is 204 Å². The number of ether oxygens (including phenoxy) is 3. The molecular weight excluding hydrogens is 480 g/mol. The number of aryl methyl sites for hydroxylation is 1. The lowest BCUT2D eigenvalue weighted by Crippen LogP contribution is -2.52. The van der Waals surface area contributed by atoms with Crippen LogP contribution in [0.15, 0.2) is 30.3 Å². The summed E-state index contributed by atoms with van der Waals surface area (Å²) in [6.45, 7) is -1.49. The number of imide groups is 1. The largest absolute Gasteiger partial charge is 0.496 e. The van der Waals surface area contributed by atoms with E-state index in [0.29, 0.717) is 28.0 Å². The molecule has 2 aliphatic heterocycles. The van der Waals surface area contributed by atoms with Gasteiger partial charge < -0.3 is 19.1 Å². The van der Waals surface area contributed by atoms with E-state index in [1.807, 2.05) is 0 Å². The number of amides is 4. The fourth-order valence-corrected chi connectivity index (χ4v) is 4.15. The van der Waals surface area contributed by atoms with Crippen molar-refractivity contribution in [2.45, 2.75) is 45.6 Å². The zero-order valence-corrected chi connectivity index (χ0v) is 19.4. The van der Waals surface area contributed by atoms with E-state index in [1.165, 1.54) is 30.2 Å². The molecule has 190 valence electrons. The Balaban J connectivity index is 1.44. The van der Waals surface area contributed by atoms with Gasteiger partial charge in [0.05, 0.1) is 13.7 Å². The molecule has 0 saturated carbocycles. The summed E-state index contributed by atoms with van der Waals surface area (Å²) in [5.41, 5.74) is 2.03. The van der Waals surface area contributed by atoms with Crippen LogP contribution in [-0.4, -0.2) is 48.5 Å². The minimum atomic E-state index is -3.01. The molecule has 1 fully saturated rings. The number of carbonyl (C=O) groups excluding carboxylic acids is 4. The van der Waals surface area contributed by atoms with Gasteiger partial charge in [-0.15, -0.1) is 0 Å². The molecule has 10 nitrogen and oxygen atoms in total. The van der Waals surface area contributed by atoms with Gasteiger partial charge in [0.15, 0.2) is 0 Å². The second kappa shape index (κ2) is 10.2. The van der Waals surface area contributed by atoms with Crippen molar-refractivity contribution >= 4 is 29.5 Å². The summed E-state index contributed by atoms with van der Waals surface area (Å²) in [5.74, 6) is -0.980. The average Bonchev–Trinajstić information content (AvgIpc) is 3.15. The summed E-state index contributed by atoms with van der Waals surface area (Å²) in [6.07, 6.45) is -0.484. The second-order valence-corrected chi connectivity index (χ2v) is 8.28. The van der Waals surface area contributed by atoms with Gasteiger partial charge in [-0.2, -0.15) is 8.78 Å². The monoisotopic (exact) mass is 503 g/mol. The summed E-state index contributed by atoms with van der Waals surface area (Å²) in [4.78, 5) is 50.5. The van der Waals surface area contributed by atoms with E-state index in [2.05, 4.69) is 15.4 Å². The van der Waals surface area contributed by atoms with Crippen LogP contribution in [0.1, 0.15) is 39.9 Å². The maximum atomic E-state index is 13.1. The zero-order chi connectivity index (χ0) is 26.0. The molecule has 2 aromatic rings. The lowest BCUT2D eigenvalue weighted by atomic mass is 10.0. The van der Waals surface area contributed by atoms with Crippen LogP contribution in [0.5, 0.6) is 11.5 Å². The van der Waals surface area contributed by atoms with E-state index in [9.17, 15) is 28.0 Å². The lowest BCUT2D eigenvalue weighted by molar-refractivity contribution is -0.136. The number of anilines is 1. The minimum absolute atomic E-state index is 0.0785. The SMILES string of the molecule is COc1cc(COC(=O)Nc2ccc(C)c(OC(F)F)c2)cc2c1CN(C1CCC(=O)NC1=O)C2=O. The molecular formula is C24H23F2N3O7. The van der Waals surface area contributed by atoms with Crippen LogP contribution in [0.2, 0.25) is 0 Å². The minimum Gasteiger partial charge on any atom is -0.496 e. The third-order valence-electron chi connectivity index (χ3n) is 5.92. The van der Waals surface area contributed by atoms with E-state index in [0.717, 1.165) is 0 Å². The number of fused-ring (bicyclic) bond motifs is 1. The van der Waals surface area contributed by atoms with Crippen molar-refractivity contribution in [3.63, 3.8) is 0 Å². The first-order valence-electron chi connectivity index (χ1n) is 11.0. The van der Waals surface area contributed by atoms with Gasteiger partial charge in [-0.1, -0.05) is 6.07 Å². The Morgan fingerprint density at radius 2 is 1.97 bits per heavy atom. The Bertz CT molecular complexity index is 1230. The summed E-state index contributed by atoms with van der Waals surface area (Å²) in [5, 5.41) is 4.69. The maximum Gasteiger partial charge on any atom is 0.411 e. The molecule has 2 aromatic carbocycles. The molecule has 0 bridgehead atoms. The molecule has 0 radical (unpaired) electrons. The molecule has 2 heterocycles. The highest BCUT2D eigenvalue weighted by Gasteiger charge is 2.40. The maximum absolute atomic E-state index is 13.1. The van der Waals surface area contributed by atoms with E-state index in [-0.39, 0.29) is 43.3 Å². The average molecular weight is 503 g/mol. The molecule has 1 saturated heterocycles. The number of hydrogen-bond donors (Lipinski definition) is 2. The molecule has 2 N–H and O–H groups in total. The fraction of sp³-hybridized carbons (Fsp3) is 0.333. The Morgan fingerprint density at radius 3 is 2.67 bits per heavy atom. The number of halogens is 2. The first-order chi connectivity index (χ1) is 17.2. The van der Waals surface area contributed by atoms with Gasteiger partial charge in [-0.05, 0) is 42.7 Å². The lowest BCUT2D eigenvalue weighted by Gasteiger charge is -2.29. The van der Waals surface area contributed by atoms with Gasteiger partial charge in [-0.3, -0.25) is 25.0 Å². The number of hydrogen-bond acceptors (Lipinski definition) is 7. The van der Waals surface area contributed by atoms with Crippen LogP contribution >= 0.6 is 0 Å². The number of carbonyl (C=O) groups is 4. The number of piperidine rings is 1. The molecule has 4 amide bonds. The topological polar surface area (TPSA) is 123 Å². The summed E-state index contributed by atoms with van der Waals surface area (Å²) in [6, 6.07) is 6.68. The molecule has 0 spiro atoms. The van der Waals surface area contributed by atoms with Crippen LogP contribution in [0, 0.1) is 6.92 Å². The van der Waals surface area contributed by atoms with Gasteiger partial charge in [0.1, 0.15) is 24.1 Å². The van der Waals surface area contributed by atoms with Crippen molar-refractivity contribution in [1.29, 1.82) is 0 Å².